The highest BCUT2D eigenvalue weighted by Gasteiger charge is 2.15. The molecule has 0 unspecified atom stereocenters. The van der Waals surface area contributed by atoms with Gasteiger partial charge in [-0.25, -0.2) is 9.59 Å². The second-order valence-corrected chi connectivity index (χ2v) is 5.38. The molecule has 0 fully saturated rings. The Kier molecular flexibility index (Phi) is 7.43. The smallest absolute Gasteiger partial charge is 0.335 e. The molecule has 0 bridgehead atoms. The monoisotopic (exact) mass is 306 g/mol. The number of carboxylic acid groups (broad SMARTS) is 1. The number of aromatic carboxylic acids is 1. The zero-order valence-corrected chi connectivity index (χ0v) is 13.6. The number of hydrogen-bond acceptors (Lipinski definition) is 2. The van der Waals surface area contributed by atoms with Crippen LogP contribution in [0.3, 0.4) is 0 Å². The van der Waals surface area contributed by atoms with Crippen LogP contribution in [0.5, 0.6) is 0 Å². The van der Waals surface area contributed by atoms with E-state index < -0.39 is 5.97 Å². The maximum absolute atomic E-state index is 12.2. The number of carbonyl (C=O) groups is 2. The van der Waals surface area contributed by atoms with Crippen molar-refractivity contribution >= 4 is 12.0 Å². The van der Waals surface area contributed by atoms with Crippen LogP contribution >= 0.6 is 0 Å². The quantitative estimate of drug-likeness (QED) is 0.774. The minimum Gasteiger partial charge on any atom is -0.478 e. The Balaban J connectivity index is 2.54. The molecule has 0 spiro atoms. The third-order valence-corrected chi connectivity index (χ3v) is 3.95. The molecule has 122 valence electrons. The second-order valence-electron chi connectivity index (χ2n) is 5.38. The first-order valence-electron chi connectivity index (χ1n) is 7.86. The molecule has 5 heteroatoms. The molecule has 22 heavy (non-hydrogen) atoms. The predicted molar refractivity (Wildman–Crippen MR) is 87.0 cm³/mol. The Labute approximate surface area is 132 Å². The van der Waals surface area contributed by atoms with Gasteiger partial charge in [0.1, 0.15) is 0 Å². The Hall–Kier alpha value is -2.04. The molecule has 0 atom stereocenters. The van der Waals surface area contributed by atoms with E-state index >= 15 is 0 Å². The van der Waals surface area contributed by atoms with Crippen LogP contribution in [-0.2, 0) is 6.54 Å². The first-order chi connectivity index (χ1) is 10.5. The summed E-state index contributed by atoms with van der Waals surface area (Å²) in [5, 5.41) is 11.7. The minimum atomic E-state index is -0.946. The highest BCUT2D eigenvalue weighted by Crippen LogP contribution is 2.10. The van der Waals surface area contributed by atoms with Crippen molar-refractivity contribution in [1.82, 2.24) is 10.2 Å². The third kappa shape index (κ3) is 5.39. The molecule has 0 aliphatic carbocycles. The average molecular weight is 306 g/mol. The van der Waals surface area contributed by atoms with Crippen LogP contribution in [0.1, 0.15) is 49.5 Å². The Morgan fingerprint density at radius 2 is 1.73 bits per heavy atom. The normalized spacial score (nSPS) is 10.5. The highest BCUT2D eigenvalue weighted by molar-refractivity contribution is 5.87. The van der Waals surface area contributed by atoms with Gasteiger partial charge in [-0.3, -0.25) is 0 Å². The molecule has 2 amide bonds. The number of carboxylic acids is 1. The van der Waals surface area contributed by atoms with E-state index in [1.165, 1.54) is 0 Å². The summed E-state index contributed by atoms with van der Waals surface area (Å²) in [6, 6.07) is 6.47. The molecule has 0 saturated carbocycles. The molecular formula is C17H26N2O3. The fourth-order valence-electron chi connectivity index (χ4n) is 2.27. The number of urea groups is 1. The zero-order valence-electron chi connectivity index (χ0n) is 13.6. The molecule has 5 nitrogen and oxygen atoms in total. The van der Waals surface area contributed by atoms with E-state index in [9.17, 15) is 9.59 Å². The first kappa shape index (κ1) is 18.0. The summed E-state index contributed by atoms with van der Waals surface area (Å²) in [4.78, 5) is 24.8. The maximum Gasteiger partial charge on any atom is 0.335 e. The van der Waals surface area contributed by atoms with E-state index in [4.69, 9.17) is 5.11 Å². The summed E-state index contributed by atoms with van der Waals surface area (Å²) < 4.78 is 0. The van der Waals surface area contributed by atoms with Crippen molar-refractivity contribution in [2.75, 3.05) is 13.1 Å². The van der Waals surface area contributed by atoms with Gasteiger partial charge in [0, 0.05) is 19.6 Å². The highest BCUT2D eigenvalue weighted by atomic mass is 16.4. The first-order valence-corrected chi connectivity index (χ1v) is 7.86. The maximum atomic E-state index is 12.2. The average Bonchev–Trinajstić information content (AvgIpc) is 2.54. The summed E-state index contributed by atoms with van der Waals surface area (Å²) in [5.74, 6) is -0.418. The van der Waals surface area contributed by atoms with Gasteiger partial charge in [0.05, 0.1) is 5.56 Å². The van der Waals surface area contributed by atoms with Crippen molar-refractivity contribution in [1.29, 1.82) is 0 Å². The number of hydrogen-bond donors (Lipinski definition) is 2. The van der Waals surface area contributed by atoms with Crippen molar-refractivity contribution in [2.45, 2.75) is 40.2 Å². The van der Waals surface area contributed by atoms with Gasteiger partial charge in [-0.2, -0.15) is 0 Å². The lowest BCUT2D eigenvalue weighted by molar-refractivity contribution is 0.0697. The fourth-order valence-corrected chi connectivity index (χ4v) is 2.27. The van der Waals surface area contributed by atoms with Crippen LogP contribution < -0.4 is 5.32 Å². The third-order valence-electron chi connectivity index (χ3n) is 3.95. The number of carbonyl (C=O) groups excluding carboxylic acids is 1. The van der Waals surface area contributed by atoms with Gasteiger partial charge >= 0.3 is 12.0 Å². The van der Waals surface area contributed by atoms with Crippen LogP contribution in [0.15, 0.2) is 24.3 Å². The molecule has 1 rings (SSSR count). The fraction of sp³-hybridized carbons (Fsp3) is 0.529. The Morgan fingerprint density at radius 3 is 2.18 bits per heavy atom. The standard InChI is InChI=1S/C17H26N2O3/c1-4-13(5-2)12-19(6-3)17(22)18-11-14-7-9-15(10-8-14)16(20)21/h7-10,13H,4-6,11-12H2,1-3H3,(H,18,22)(H,20,21). The molecule has 1 aromatic carbocycles. The zero-order chi connectivity index (χ0) is 16.5. The van der Waals surface area contributed by atoms with E-state index in [0.29, 0.717) is 19.0 Å². The van der Waals surface area contributed by atoms with E-state index in [1.807, 2.05) is 11.8 Å². The molecule has 0 aliphatic rings. The van der Waals surface area contributed by atoms with Crippen LogP contribution in [0.2, 0.25) is 0 Å². The second kappa shape index (κ2) is 9.07. The number of amides is 2. The van der Waals surface area contributed by atoms with E-state index in [-0.39, 0.29) is 11.6 Å². The number of rotatable bonds is 8. The van der Waals surface area contributed by atoms with Gasteiger partial charge in [-0.15, -0.1) is 0 Å². The summed E-state index contributed by atoms with van der Waals surface area (Å²) in [5.41, 5.74) is 1.14. The van der Waals surface area contributed by atoms with E-state index in [1.54, 1.807) is 24.3 Å². The molecule has 2 N–H and O–H groups in total. The topological polar surface area (TPSA) is 69.6 Å². The van der Waals surface area contributed by atoms with Crippen molar-refractivity contribution in [2.24, 2.45) is 5.92 Å². The van der Waals surface area contributed by atoms with Crippen molar-refractivity contribution in [3.8, 4) is 0 Å². The summed E-state index contributed by atoms with van der Waals surface area (Å²) in [7, 11) is 0. The number of nitrogens with one attached hydrogen (secondary N) is 1. The van der Waals surface area contributed by atoms with Gasteiger partial charge in [0.25, 0.3) is 0 Å². The van der Waals surface area contributed by atoms with Gasteiger partial charge in [-0.1, -0.05) is 38.8 Å². The van der Waals surface area contributed by atoms with Crippen LogP contribution in [0.25, 0.3) is 0 Å². The lowest BCUT2D eigenvalue weighted by atomic mass is 10.0. The molecule has 0 heterocycles. The van der Waals surface area contributed by atoms with Crippen LogP contribution in [0.4, 0.5) is 4.79 Å². The summed E-state index contributed by atoms with van der Waals surface area (Å²) in [6.07, 6.45) is 2.13. The van der Waals surface area contributed by atoms with Crippen molar-refractivity contribution in [3.63, 3.8) is 0 Å². The molecule has 0 radical (unpaired) electrons. The van der Waals surface area contributed by atoms with Gasteiger partial charge in [0.2, 0.25) is 0 Å². The minimum absolute atomic E-state index is 0.0725. The molecule has 0 saturated heterocycles. The SMILES string of the molecule is CCC(CC)CN(CC)C(=O)NCc1ccc(C(=O)O)cc1. The van der Waals surface area contributed by atoms with Gasteiger partial charge < -0.3 is 15.3 Å². The predicted octanol–water partition coefficient (Wildman–Crippen LogP) is 3.35. The molecule has 0 aliphatic heterocycles. The van der Waals surface area contributed by atoms with E-state index in [2.05, 4.69) is 19.2 Å². The largest absolute Gasteiger partial charge is 0.478 e. The van der Waals surface area contributed by atoms with Gasteiger partial charge in [0.15, 0.2) is 0 Å². The molecule has 1 aromatic rings. The molecular weight excluding hydrogens is 280 g/mol. The van der Waals surface area contributed by atoms with Crippen molar-refractivity contribution in [3.05, 3.63) is 35.4 Å². The van der Waals surface area contributed by atoms with Crippen LogP contribution in [-0.4, -0.2) is 35.1 Å². The summed E-state index contributed by atoms with van der Waals surface area (Å²) >= 11 is 0. The molecule has 0 aromatic heterocycles. The Bertz CT molecular complexity index is 481. The van der Waals surface area contributed by atoms with Crippen LogP contribution in [0, 0.1) is 5.92 Å². The lowest BCUT2D eigenvalue weighted by Crippen LogP contribution is -2.42. The number of nitrogens with zero attached hydrogens (tertiary/aromatic N) is 1. The lowest BCUT2D eigenvalue weighted by Gasteiger charge is -2.25. The van der Waals surface area contributed by atoms with E-state index in [0.717, 1.165) is 24.9 Å². The Morgan fingerprint density at radius 1 is 1.14 bits per heavy atom. The van der Waals surface area contributed by atoms with Gasteiger partial charge in [-0.05, 0) is 30.5 Å². The summed E-state index contributed by atoms with van der Waals surface area (Å²) in [6.45, 7) is 8.11. The number of benzene rings is 1. The van der Waals surface area contributed by atoms with Crippen molar-refractivity contribution < 1.29 is 14.7 Å².